The van der Waals surface area contributed by atoms with Crippen LogP contribution in [0.4, 0.5) is 0 Å². The number of sulfonamides is 1. The van der Waals surface area contributed by atoms with Gasteiger partial charge in [0.2, 0.25) is 10.0 Å². The molecule has 1 aliphatic heterocycles. The summed E-state index contributed by atoms with van der Waals surface area (Å²) in [5.41, 5.74) is 0. The summed E-state index contributed by atoms with van der Waals surface area (Å²) >= 11 is 3.20. The number of hydrogen-bond acceptors (Lipinski definition) is 5. The molecule has 0 spiro atoms. The highest BCUT2D eigenvalue weighted by molar-refractivity contribution is 9.10. The van der Waals surface area contributed by atoms with E-state index >= 15 is 0 Å². The summed E-state index contributed by atoms with van der Waals surface area (Å²) in [4.78, 5) is 2.27. The maximum absolute atomic E-state index is 12.4. The Hall–Kier alpha value is -0.410. The Morgan fingerprint density at radius 3 is 2.81 bits per heavy atom. The minimum atomic E-state index is -3.56. The van der Waals surface area contributed by atoms with Crippen molar-refractivity contribution in [3.05, 3.63) is 16.5 Å². The molecule has 1 saturated heterocycles. The number of likely N-dealkylation sites (tertiary alicyclic amines) is 1. The third-order valence-corrected chi connectivity index (χ3v) is 5.77. The van der Waals surface area contributed by atoms with E-state index in [0.29, 0.717) is 18.3 Å². The Morgan fingerprint density at radius 1 is 1.52 bits per heavy atom. The first-order valence-corrected chi connectivity index (χ1v) is 9.28. The zero-order chi connectivity index (χ0) is 15.6. The molecule has 0 aromatic carbocycles. The average Bonchev–Trinajstić information content (AvgIpc) is 2.93. The lowest BCUT2D eigenvalue weighted by Gasteiger charge is -2.12. The molecule has 1 aromatic rings. The number of halogens is 1. The van der Waals surface area contributed by atoms with Crippen molar-refractivity contribution in [2.24, 2.45) is 0 Å². The van der Waals surface area contributed by atoms with Crippen LogP contribution in [0.5, 0.6) is 0 Å². The molecule has 1 aliphatic rings. The van der Waals surface area contributed by atoms with Crippen molar-refractivity contribution in [2.75, 3.05) is 20.1 Å². The first-order valence-electron chi connectivity index (χ1n) is 7.00. The van der Waals surface area contributed by atoms with E-state index in [-0.39, 0.29) is 15.6 Å². The van der Waals surface area contributed by atoms with Crippen LogP contribution in [0.2, 0.25) is 0 Å². The maximum Gasteiger partial charge on any atom is 0.245 e. The molecule has 0 aliphatic carbocycles. The fourth-order valence-corrected chi connectivity index (χ4v) is 4.55. The summed E-state index contributed by atoms with van der Waals surface area (Å²) in [7, 11) is -1.58. The fourth-order valence-electron chi connectivity index (χ4n) is 2.29. The van der Waals surface area contributed by atoms with Crippen LogP contribution in [0, 0.1) is 0 Å². The SMILES string of the molecule is CC(C)NCc1cc(S(=O)(=O)NC2CCN(C)C2)c(Br)o1. The molecule has 0 saturated carbocycles. The summed E-state index contributed by atoms with van der Waals surface area (Å²) in [6, 6.07) is 1.83. The topological polar surface area (TPSA) is 74.6 Å². The predicted molar refractivity (Wildman–Crippen MR) is 84.6 cm³/mol. The van der Waals surface area contributed by atoms with E-state index in [1.54, 1.807) is 6.07 Å². The van der Waals surface area contributed by atoms with Crippen LogP contribution in [0.25, 0.3) is 0 Å². The van der Waals surface area contributed by atoms with Gasteiger partial charge in [-0.2, -0.15) is 0 Å². The fraction of sp³-hybridized carbons (Fsp3) is 0.692. The molecule has 0 radical (unpaired) electrons. The quantitative estimate of drug-likeness (QED) is 0.783. The lowest BCUT2D eigenvalue weighted by atomic mass is 10.3. The minimum absolute atomic E-state index is 0.0426. The molecule has 1 atom stereocenters. The minimum Gasteiger partial charge on any atom is -0.452 e. The van der Waals surface area contributed by atoms with Gasteiger partial charge in [-0.1, -0.05) is 13.8 Å². The Kier molecular flexibility index (Phi) is 5.48. The van der Waals surface area contributed by atoms with E-state index in [0.717, 1.165) is 19.5 Å². The van der Waals surface area contributed by atoms with E-state index in [2.05, 4.69) is 30.9 Å². The van der Waals surface area contributed by atoms with Crippen LogP contribution in [-0.2, 0) is 16.6 Å². The Morgan fingerprint density at radius 2 is 2.24 bits per heavy atom. The molecule has 0 bridgehead atoms. The second-order valence-corrected chi connectivity index (χ2v) is 8.16. The molecule has 1 fully saturated rings. The summed E-state index contributed by atoms with van der Waals surface area (Å²) in [5.74, 6) is 0.597. The normalized spacial score (nSPS) is 20.5. The van der Waals surface area contributed by atoms with Crippen molar-refractivity contribution in [3.8, 4) is 0 Å². The van der Waals surface area contributed by atoms with Gasteiger partial charge in [-0.05, 0) is 35.9 Å². The van der Waals surface area contributed by atoms with Crippen molar-refractivity contribution in [2.45, 2.75) is 43.8 Å². The molecule has 6 nitrogen and oxygen atoms in total. The summed E-state index contributed by atoms with van der Waals surface area (Å²) in [6.45, 7) is 6.18. The zero-order valence-electron chi connectivity index (χ0n) is 12.5. The molecule has 2 heterocycles. The second-order valence-electron chi connectivity index (χ2n) is 5.76. The van der Waals surface area contributed by atoms with Gasteiger partial charge >= 0.3 is 0 Å². The second kappa shape index (κ2) is 6.78. The molecule has 2 N–H and O–H groups in total. The van der Waals surface area contributed by atoms with Gasteiger partial charge in [0.25, 0.3) is 0 Å². The van der Waals surface area contributed by atoms with Crippen molar-refractivity contribution < 1.29 is 12.8 Å². The number of nitrogens with zero attached hydrogens (tertiary/aromatic N) is 1. The Balaban J connectivity index is 2.08. The Bertz CT molecular complexity index is 585. The van der Waals surface area contributed by atoms with Crippen LogP contribution < -0.4 is 10.0 Å². The van der Waals surface area contributed by atoms with Crippen LogP contribution in [-0.4, -0.2) is 45.5 Å². The van der Waals surface area contributed by atoms with Crippen molar-refractivity contribution in [3.63, 3.8) is 0 Å². The zero-order valence-corrected chi connectivity index (χ0v) is 14.9. The number of nitrogens with one attached hydrogen (secondary N) is 2. The van der Waals surface area contributed by atoms with Crippen LogP contribution >= 0.6 is 15.9 Å². The highest BCUT2D eigenvalue weighted by Crippen LogP contribution is 2.26. The molecule has 120 valence electrons. The molecular formula is C13H22BrN3O3S. The first kappa shape index (κ1) is 17.0. The monoisotopic (exact) mass is 379 g/mol. The molecule has 2 rings (SSSR count). The van der Waals surface area contributed by atoms with E-state index in [1.807, 2.05) is 20.9 Å². The van der Waals surface area contributed by atoms with Gasteiger partial charge in [0, 0.05) is 24.7 Å². The summed E-state index contributed by atoms with van der Waals surface area (Å²) in [6.07, 6.45) is 0.826. The average molecular weight is 380 g/mol. The summed E-state index contributed by atoms with van der Waals surface area (Å²) in [5, 5.41) is 3.20. The van der Waals surface area contributed by atoms with Gasteiger partial charge in [-0.15, -0.1) is 0 Å². The van der Waals surface area contributed by atoms with Crippen molar-refractivity contribution >= 4 is 26.0 Å². The van der Waals surface area contributed by atoms with Crippen molar-refractivity contribution in [1.29, 1.82) is 0 Å². The molecule has 0 amide bonds. The highest BCUT2D eigenvalue weighted by atomic mass is 79.9. The lowest BCUT2D eigenvalue weighted by molar-refractivity contribution is 0.407. The smallest absolute Gasteiger partial charge is 0.245 e. The standard InChI is InChI=1S/C13H22BrN3O3S/c1-9(2)15-7-11-6-12(13(14)20-11)21(18,19)16-10-4-5-17(3)8-10/h6,9-10,15-16H,4-5,7-8H2,1-3H3. The van der Waals surface area contributed by atoms with Gasteiger partial charge < -0.3 is 14.6 Å². The molecule has 8 heteroatoms. The Labute approximate surface area is 134 Å². The van der Waals surface area contributed by atoms with Gasteiger partial charge in [-0.3, -0.25) is 0 Å². The summed E-state index contributed by atoms with van der Waals surface area (Å²) < 4.78 is 33.3. The number of rotatable bonds is 6. The van der Waals surface area contributed by atoms with E-state index in [1.165, 1.54) is 0 Å². The van der Waals surface area contributed by atoms with Gasteiger partial charge in [0.1, 0.15) is 10.7 Å². The lowest BCUT2D eigenvalue weighted by Crippen LogP contribution is -2.36. The van der Waals surface area contributed by atoms with Gasteiger partial charge in [0.05, 0.1) is 6.54 Å². The van der Waals surface area contributed by atoms with Gasteiger partial charge in [0.15, 0.2) is 4.67 Å². The molecule has 21 heavy (non-hydrogen) atoms. The molecule has 1 unspecified atom stereocenters. The predicted octanol–water partition coefficient (Wildman–Crippen LogP) is 1.52. The van der Waals surface area contributed by atoms with E-state index in [4.69, 9.17) is 4.42 Å². The van der Waals surface area contributed by atoms with Crippen molar-refractivity contribution in [1.82, 2.24) is 14.9 Å². The third kappa shape index (κ3) is 4.53. The number of likely N-dealkylation sites (N-methyl/N-ethyl adjacent to an activating group) is 1. The van der Waals surface area contributed by atoms with Crippen LogP contribution in [0.3, 0.4) is 0 Å². The molecule has 1 aromatic heterocycles. The number of furan rings is 1. The number of hydrogen-bond donors (Lipinski definition) is 2. The van der Waals surface area contributed by atoms with E-state index < -0.39 is 10.0 Å². The largest absolute Gasteiger partial charge is 0.452 e. The van der Waals surface area contributed by atoms with Crippen LogP contribution in [0.1, 0.15) is 26.0 Å². The molecular weight excluding hydrogens is 358 g/mol. The van der Waals surface area contributed by atoms with Crippen LogP contribution in [0.15, 0.2) is 20.0 Å². The highest BCUT2D eigenvalue weighted by Gasteiger charge is 2.28. The third-order valence-electron chi connectivity index (χ3n) is 3.39. The van der Waals surface area contributed by atoms with E-state index in [9.17, 15) is 8.42 Å². The van der Waals surface area contributed by atoms with Gasteiger partial charge in [-0.25, -0.2) is 13.1 Å². The first-order chi connectivity index (χ1) is 9.78. The maximum atomic E-state index is 12.4.